The maximum Gasteiger partial charge on any atom is 2.00 e. The Hall–Kier alpha value is -3.07. The summed E-state index contributed by atoms with van der Waals surface area (Å²) in [5, 5.41) is 23.6. The summed E-state index contributed by atoms with van der Waals surface area (Å²) < 4.78 is 21.5. The smallest absolute Gasteiger partial charge is 0.867 e. The van der Waals surface area contributed by atoms with Crippen LogP contribution in [0.5, 0.6) is 34.5 Å². The number of hydrogen-bond donors (Lipinski definition) is 0. The first-order valence-corrected chi connectivity index (χ1v) is 25.1. The quantitative estimate of drug-likeness (QED) is 0.123. The van der Waals surface area contributed by atoms with Crippen LogP contribution in [0.25, 0.3) is 0 Å². The molecule has 0 amide bonds. The number of ether oxygens (including phenoxy) is 4. The number of hydrogen-bond acceptors (Lipinski definition) is 6. The van der Waals surface area contributed by atoms with Gasteiger partial charge in [-0.05, 0) is 91.2 Å². The van der Waals surface area contributed by atoms with E-state index in [0.717, 1.165) is 25.7 Å². The van der Waals surface area contributed by atoms with Crippen LogP contribution in [0.4, 0.5) is 0 Å². The van der Waals surface area contributed by atoms with Crippen LogP contribution in [-0.4, -0.2) is 24.4 Å². The second-order valence-electron chi connectivity index (χ2n) is 17.5. The Morgan fingerprint density at radius 3 is 0.750 bits per heavy atom. The largest absolute Gasteiger partial charge is 2.00 e. The average Bonchev–Trinajstić information content (AvgIpc) is 4.15. The van der Waals surface area contributed by atoms with E-state index >= 15 is 0 Å². The molecule has 0 atom stereocenters. The van der Waals surface area contributed by atoms with Crippen molar-refractivity contribution in [3.05, 3.63) is 132 Å². The van der Waals surface area contributed by atoms with Gasteiger partial charge in [0.1, 0.15) is 23.0 Å². The van der Waals surface area contributed by atoms with Gasteiger partial charge in [-0.15, -0.1) is 25.7 Å². The molecule has 0 unspecified atom stereocenters. The van der Waals surface area contributed by atoms with Gasteiger partial charge in [0.25, 0.3) is 0 Å². The van der Waals surface area contributed by atoms with Gasteiger partial charge in [-0.25, -0.2) is 46.6 Å². The van der Waals surface area contributed by atoms with Crippen LogP contribution in [0.15, 0.2) is 107 Å². The van der Waals surface area contributed by atoms with E-state index in [2.05, 4.69) is 101 Å². The molecule has 0 fully saturated rings. The van der Waals surface area contributed by atoms with Crippen LogP contribution in [-0.2, 0) is 52.4 Å². The molecule has 0 saturated carbocycles. The third-order valence-corrected chi connectivity index (χ3v) is 9.60. The van der Waals surface area contributed by atoms with Crippen molar-refractivity contribution in [1.82, 2.24) is 0 Å². The molecule has 2 aromatic rings. The molecule has 0 heterocycles. The molecule has 0 aromatic heterocycles. The van der Waals surface area contributed by atoms with E-state index in [0.29, 0.717) is 23.0 Å². The van der Waals surface area contributed by atoms with Crippen LogP contribution >= 0.6 is 0 Å². The first-order valence-electron chi connectivity index (χ1n) is 25.1. The van der Waals surface area contributed by atoms with Gasteiger partial charge in [-0.2, -0.15) is 24.3 Å². The second kappa shape index (κ2) is 42.8. The molecule has 0 bridgehead atoms. The fraction of sp³-hybridized carbons (Fsp3) is 0.533. The van der Waals surface area contributed by atoms with Gasteiger partial charge in [-0.3, -0.25) is 24.3 Å². The summed E-state index contributed by atoms with van der Waals surface area (Å²) in [6.07, 6.45) is 50.1. The molecule has 8 heteroatoms. The molecule has 4 aliphatic rings. The van der Waals surface area contributed by atoms with Crippen molar-refractivity contribution in [3.8, 4) is 34.5 Å². The Balaban J connectivity index is 0. The standard InChI is InChI=1S/2C12H18O3.4C9H13.2Zr/c2*1-8(2)14-10-6-5-7-11(12(10)13)15-9(3)4;4*1-2-3-6-9-7-4-5-8-9;;/h2*5-9,13H,1-4H3;4*4,7H,2-3,5-6H2,1H3;;/q;;4*-1;2*+2/p-2. The summed E-state index contributed by atoms with van der Waals surface area (Å²) in [7, 11) is 0. The predicted octanol–water partition coefficient (Wildman–Crippen LogP) is 16.1. The first-order chi connectivity index (χ1) is 31.7. The van der Waals surface area contributed by atoms with Crippen molar-refractivity contribution in [2.75, 3.05) is 0 Å². The van der Waals surface area contributed by atoms with E-state index in [1.54, 1.807) is 36.4 Å². The van der Waals surface area contributed by atoms with Gasteiger partial charge >= 0.3 is 52.4 Å². The van der Waals surface area contributed by atoms with Crippen LogP contribution in [0.3, 0.4) is 0 Å². The summed E-state index contributed by atoms with van der Waals surface area (Å²) >= 11 is 0. The fourth-order valence-electron chi connectivity index (χ4n) is 6.33. The fourth-order valence-corrected chi connectivity index (χ4v) is 6.33. The number of rotatable bonds is 20. The average molecular weight is 1090 g/mol. The maximum absolute atomic E-state index is 11.8. The third-order valence-electron chi connectivity index (χ3n) is 9.60. The second-order valence-corrected chi connectivity index (χ2v) is 17.5. The van der Waals surface area contributed by atoms with Gasteiger partial charge in [-0.1, -0.05) is 117 Å². The van der Waals surface area contributed by atoms with Crippen molar-refractivity contribution in [2.45, 2.75) is 210 Å². The van der Waals surface area contributed by atoms with Crippen molar-refractivity contribution in [1.29, 1.82) is 0 Å². The minimum Gasteiger partial charge on any atom is -0.867 e. The van der Waals surface area contributed by atoms with E-state index in [4.69, 9.17) is 18.9 Å². The number of allylic oxidation sites excluding steroid dienone is 16. The summed E-state index contributed by atoms with van der Waals surface area (Å²) in [6.45, 7) is 24.0. The molecule has 0 N–H and O–H groups in total. The Kier molecular flexibility index (Phi) is 42.2. The molecule has 4 aliphatic carbocycles. The van der Waals surface area contributed by atoms with E-state index in [-0.39, 0.29) is 88.3 Å². The molecule has 2 aromatic carbocycles. The summed E-state index contributed by atoms with van der Waals surface area (Å²) in [5.74, 6) is 1.04. The van der Waals surface area contributed by atoms with Crippen LogP contribution in [0.1, 0.15) is 186 Å². The zero-order valence-electron chi connectivity index (χ0n) is 44.2. The van der Waals surface area contributed by atoms with Crippen molar-refractivity contribution in [3.63, 3.8) is 0 Å². The zero-order chi connectivity index (χ0) is 49.0. The molecule has 0 saturated heterocycles. The number of para-hydroxylation sites is 2. The van der Waals surface area contributed by atoms with Crippen molar-refractivity contribution < 1.29 is 81.6 Å². The summed E-state index contributed by atoms with van der Waals surface area (Å²) in [5.41, 5.74) is 5.66. The van der Waals surface area contributed by atoms with E-state index < -0.39 is 0 Å². The van der Waals surface area contributed by atoms with Crippen molar-refractivity contribution >= 4 is 0 Å². The minimum absolute atomic E-state index is 0. The molecule has 372 valence electrons. The van der Waals surface area contributed by atoms with Crippen LogP contribution in [0.2, 0.25) is 0 Å². The van der Waals surface area contributed by atoms with Gasteiger partial charge < -0.3 is 29.2 Å². The van der Waals surface area contributed by atoms with Crippen LogP contribution in [0, 0.1) is 24.3 Å². The Bertz CT molecular complexity index is 1590. The molecule has 0 aliphatic heterocycles. The van der Waals surface area contributed by atoms with E-state index in [1.807, 2.05) is 55.4 Å². The first kappa shape index (κ1) is 67.0. The third kappa shape index (κ3) is 33.5. The number of benzene rings is 2. The minimum atomic E-state index is -0.181. The molecule has 6 rings (SSSR count). The summed E-state index contributed by atoms with van der Waals surface area (Å²) in [6, 6.07) is 10.2. The van der Waals surface area contributed by atoms with Crippen molar-refractivity contribution in [2.24, 2.45) is 0 Å². The van der Waals surface area contributed by atoms with Gasteiger partial charge in [0, 0.05) is 0 Å². The predicted molar refractivity (Wildman–Crippen MR) is 275 cm³/mol. The van der Waals surface area contributed by atoms with Crippen LogP contribution < -0.4 is 29.2 Å². The number of unbranched alkanes of at least 4 members (excludes halogenated alkanes) is 4. The Morgan fingerprint density at radius 1 is 0.397 bits per heavy atom. The zero-order valence-corrected chi connectivity index (χ0v) is 49.1. The molecule has 0 spiro atoms. The SMILES string of the molecule is CC(C)Oc1cccc(OC(C)C)c1[O-].CC(C)Oc1cccc(OC(C)C)c1[O-].CCCCC1=[C-]CC=C1.CCCCC1=[C-]CC=C1.CCCCC1=[C-]CC=C1.CCCCC1=[C-]CC=C1.[Zr+2].[Zr+2]. The molecule has 6 nitrogen and oxygen atoms in total. The monoisotopic (exact) mass is 1080 g/mol. The molecular weight excluding hydrogens is 999 g/mol. The van der Waals surface area contributed by atoms with Gasteiger partial charge in [0.05, 0.1) is 24.4 Å². The Labute approximate surface area is 454 Å². The molecule has 0 radical (unpaired) electrons. The maximum atomic E-state index is 11.8. The normalized spacial score (nSPS) is 13.4. The van der Waals surface area contributed by atoms with Gasteiger partial charge in [0.2, 0.25) is 0 Å². The van der Waals surface area contributed by atoms with E-state index in [9.17, 15) is 10.2 Å². The molecular formula is C60H86O6Zr2-2. The Morgan fingerprint density at radius 2 is 0.603 bits per heavy atom. The molecule has 68 heavy (non-hydrogen) atoms. The summed E-state index contributed by atoms with van der Waals surface area (Å²) in [4.78, 5) is 0. The van der Waals surface area contributed by atoms with E-state index in [1.165, 1.54) is 99.3 Å². The van der Waals surface area contributed by atoms with Gasteiger partial charge in [0.15, 0.2) is 0 Å². The topological polar surface area (TPSA) is 83.0 Å².